The van der Waals surface area contributed by atoms with Crippen molar-refractivity contribution in [3.05, 3.63) is 35.9 Å². The third-order valence-corrected chi connectivity index (χ3v) is 3.68. The van der Waals surface area contributed by atoms with Gasteiger partial charge in [0, 0.05) is 12.1 Å². The summed E-state index contributed by atoms with van der Waals surface area (Å²) in [6.45, 7) is 4.58. The maximum absolute atomic E-state index is 3.67. The fourth-order valence-corrected chi connectivity index (χ4v) is 2.56. The van der Waals surface area contributed by atoms with Crippen LogP contribution in [-0.4, -0.2) is 24.1 Å². The molecule has 0 amide bonds. The summed E-state index contributed by atoms with van der Waals surface area (Å²) in [4.78, 5) is 0. The monoisotopic (exact) mass is 251 g/mol. The number of nitrogens with one attached hydrogen (secondary N) is 1. The van der Waals surface area contributed by atoms with E-state index in [0.717, 1.165) is 0 Å². The third kappa shape index (κ3) is 6.75. The molecule has 0 radical (unpaired) electrons. The van der Waals surface area contributed by atoms with Crippen LogP contribution >= 0.6 is 11.8 Å². The summed E-state index contributed by atoms with van der Waals surface area (Å²) in [7, 11) is 0. The van der Waals surface area contributed by atoms with Gasteiger partial charge in [-0.1, -0.05) is 30.3 Å². The lowest BCUT2D eigenvalue weighted by atomic mass is 10.1. The molecule has 0 fully saturated rings. The molecule has 1 rings (SSSR count). The second-order valence-electron chi connectivity index (χ2n) is 4.77. The molecule has 17 heavy (non-hydrogen) atoms. The molecule has 1 aromatic rings. The van der Waals surface area contributed by atoms with Crippen LogP contribution in [0.25, 0.3) is 0 Å². The summed E-state index contributed by atoms with van der Waals surface area (Å²) in [6, 6.07) is 12.0. The lowest BCUT2D eigenvalue weighted by Gasteiger charge is -2.19. The first-order valence-corrected chi connectivity index (χ1v) is 7.90. The van der Waals surface area contributed by atoms with Gasteiger partial charge in [0.15, 0.2) is 0 Å². The fraction of sp³-hybridized carbons (Fsp3) is 0.600. The van der Waals surface area contributed by atoms with Crippen molar-refractivity contribution in [2.75, 3.05) is 12.0 Å². The van der Waals surface area contributed by atoms with Crippen molar-refractivity contribution >= 4 is 11.8 Å². The molecule has 96 valence electrons. The van der Waals surface area contributed by atoms with Crippen LogP contribution in [-0.2, 0) is 6.42 Å². The van der Waals surface area contributed by atoms with Crippen LogP contribution in [0.4, 0.5) is 0 Å². The smallest absolute Gasteiger partial charge is 0.00490 e. The van der Waals surface area contributed by atoms with Gasteiger partial charge in [-0.15, -0.1) is 0 Å². The summed E-state index contributed by atoms with van der Waals surface area (Å²) >= 11 is 1.93. The summed E-state index contributed by atoms with van der Waals surface area (Å²) in [5.74, 6) is 1.25. The van der Waals surface area contributed by atoms with Gasteiger partial charge in [-0.05, 0) is 50.7 Å². The minimum Gasteiger partial charge on any atom is -0.312 e. The van der Waals surface area contributed by atoms with Crippen molar-refractivity contribution < 1.29 is 0 Å². The Kier molecular flexibility index (Phi) is 7.38. The fourth-order valence-electron chi connectivity index (χ4n) is 1.97. The molecule has 0 aromatic heterocycles. The predicted molar refractivity (Wildman–Crippen MR) is 79.8 cm³/mol. The van der Waals surface area contributed by atoms with Crippen LogP contribution in [0, 0.1) is 0 Å². The van der Waals surface area contributed by atoms with E-state index in [0.29, 0.717) is 12.1 Å². The van der Waals surface area contributed by atoms with E-state index in [1.807, 2.05) is 11.8 Å². The summed E-state index contributed by atoms with van der Waals surface area (Å²) in [5, 5.41) is 3.67. The Labute approximate surface area is 110 Å². The highest BCUT2D eigenvalue weighted by Gasteiger charge is 2.06. The molecule has 0 aliphatic rings. The van der Waals surface area contributed by atoms with Crippen molar-refractivity contribution in [3.63, 3.8) is 0 Å². The first-order valence-electron chi connectivity index (χ1n) is 6.51. The van der Waals surface area contributed by atoms with E-state index in [-0.39, 0.29) is 0 Å². The Bertz CT molecular complexity index is 286. The van der Waals surface area contributed by atoms with Gasteiger partial charge < -0.3 is 5.32 Å². The maximum Gasteiger partial charge on any atom is 0.00490 e. The molecule has 2 heteroatoms. The van der Waals surface area contributed by atoms with Gasteiger partial charge in [-0.2, -0.15) is 11.8 Å². The quantitative estimate of drug-likeness (QED) is 0.755. The normalized spacial score (nSPS) is 14.5. The molecule has 0 heterocycles. The number of thioether (sulfide) groups is 1. The van der Waals surface area contributed by atoms with Gasteiger partial charge in [0.2, 0.25) is 0 Å². The van der Waals surface area contributed by atoms with Crippen molar-refractivity contribution in [1.29, 1.82) is 0 Å². The minimum atomic E-state index is 0.604. The van der Waals surface area contributed by atoms with Gasteiger partial charge in [0.25, 0.3) is 0 Å². The van der Waals surface area contributed by atoms with E-state index in [1.165, 1.54) is 30.6 Å². The zero-order valence-corrected chi connectivity index (χ0v) is 12.1. The molecule has 1 nitrogen and oxygen atoms in total. The largest absolute Gasteiger partial charge is 0.312 e. The number of hydrogen-bond acceptors (Lipinski definition) is 2. The molecule has 1 N–H and O–H groups in total. The molecule has 2 unspecified atom stereocenters. The van der Waals surface area contributed by atoms with Crippen LogP contribution < -0.4 is 5.32 Å². The van der Waals surface area contributed by atoms with Gasteiger partial charge in [0.05, 0.1) is 0 Å². The molecule has 0 saturated carbocycles. The average molecular weight is 251 g/mol. The van der Waals surface area contributed by atoms with Crippen LogP contribution in [0.5, 0.6) is 0 Å². The van der Waals surface area contributed by atoms with E-state index in [2.05, 4.69) is 55.8 Å². The second-order valence-corrected chi connectivity index (χ2v) is 5.76. The van der Waals surface area contributed by atoms with E-state index in [1.54, 1.807) is 0 Å². The zero-order valence-electron chi connectivity index (χ0n) is 11.3. The molecular weight excluding hydrogens is 226 g/mol. The third-order valence-electron chi connectivity index (χ3n) is 3.03. The standard InChI is InChI=1S/C15H25NS/c1-13(16-14(2)11-12-17-3)9-10-15-7-5-4-6-8-15/h4-8,13-14,16H,9-12H2,1-3H3. The molecule has 2 atom stereocenters. The molecule has 0 spiro atoms. The maximum atomic E-state index is 3.67. The average Bonchev–Trinajstić information content (AvgIpc) is 2.35. The van der Waals surface area contributed by atoms with Gasteiger partial charge in [0.1, 0.15) is 0 Å². The highest BCUT2D eigenvalue weighted by Crippen LogP contribution is 2.06. The Balaban J connectivity index is 2.19. The first kappa shape index (κ1) is 14.6. The Morgan fingerprint density at radius 2 is 1.71 bits per heavy atom. The number of hydrogen-bond donors (Lipinski definition) is 1. The summed E-state index contributed by atoms with van der Waals surface area (Å²) in [5.41, 5.74) is 1.44. The van der Waals surface area contributed by atoms with Crippen molar-refractivity contribution in [3.8, 4) is 0 Å². The molecular formula is C15H25NS. The Hall–Kier alpha value is -0.470. The first-order chi connectivity index (χ1) is 8.22. The Morgan fingerprint density at radius 1 is 1.06 bits per heavy atom. The Morgan fingerprint density at radius 3 is 2.35 bits per heavy atom. The van der Waals surface area contributed by atoms with Gasteiger partial charge in [-0.25, -0.2) is 0 Å². The highest BCUT2D eigenvalue weighted by atomic mass is 32.2. The minimum absolute atomic E-state index is 0.604. The second kappa shape index (κ2) is 8.60. The van der Waals surface area contributed by atoms with Crippen LogP contribution in [0.15, 0.2) is 30.3 Å². The number of rotatable bonds is 8. The summed E-state index contributed by atoms with van der Waals surface area (Å²) in [6.07, 6.45) is 5.82. The lowest BCUT2D eigenvalue weighted by Crippen LogP contribution is -2.35. The highest BCUT2D eigenvalue weighted by molar-refractivity contribution is 7.98. The molecule has 0 saturated heterocycles. The molecule has 0 aliphatic carbocycles. The molecule has 0 bridgehead atoms. The van der Waals surface area contributed by atoms with E-state index in [4.69, 9.17) is 0 Å². The zero-order chi connectivity index (χ0) is 12.5. The molecule has 1 aromatic carbocycles. The van der Waals surface area contributed by atoms with E-state index in [9.17, 15) is 0 Å². The van der Waals surface area contributed by atoms with Crippen LogP contribution in [0.3, 0.4) is 0 Å². The van der Waals surface area contributed by atoms with Gasteiger partial charge >= 0.3 is 0 Å². The number of aryl methyl sites for hydroxylation is 1. The van der Waals surface area contributed by atoms with Crippen molar-refractivity contribution in [1.82, 2.24) is 5.32 Å². The van der Waals surface area contributed by atoms with Crippen molar-refractivity contribution in [2.45, 2.75) is 45.2 Å². The molecule has 0 aliphatic heterocycles. The topological polar surface area (TPSA) is 12.0 Å². The SMILES string of the molecule is CSCCC(C)NC(C)CCc1ccccc1. The van der Waals surface area contributed by atoms with Crippen LogP contribution in [0.1, 0.15) is 32.3 Å². The predicted octanol–water partition coefficient (Wildman–Crippen LogP) is 3.74. The van der Waals surface area contributed by atoms with Gasteiger partial charge in [-0.3, -0.25) is 0 Å². The van der Waals surface area contributed by atoms with Crippen LogP contribution in [0.2, 0.25) is 0 Å². The summed E-state index contributed by atoms with van der Waals surface area (Å²) < 4.78 is 0. The number of benzene rings is 1. The van der Waals surface area contributed by atoms with Crippen molar-refractivity contribution in [2.24, 2.45) is 0 Å². The van der Waals surface area contributed by atoms with E-state index < -0.39 is 0 Å². The lowest BCUT2D eigenvalue weighted by molar-refractivity contribution is 0.440. The van der Waals surface area contributed by atoms with E-state index >= 15 is 0 Å².